The summed E-state index contributed by atoms with van der Waals surface area (Å²) in [5.41, 5.74) is 8.40. The first-order chi connectivity index (χ1) is 27.8. The van der Waals surface area contributed by atoms with Gasteiger partial charge in [0.2, 0.25) is 5.91 Å². The van der Waals surface area contributed by atoms with E-state index in [0.717, 1.165) is 55.9 Å². The zero-order valence-corrected chi connectivity index (χ0v) is 37.0. The molecule has 0 fully saturated rings. The first-order valence-corrected chi connectivity index (χ1v) is 20.5. The van der Waals surface area contributed by atoms with Crippen LogP contribution in [0.25, 0.3) is 32.9 Å². The van der Waals surface area contributed by atoms with Gasteiger partial charge in [0.25, 0.3) is 5.91 Å². The molecule has 0 saturated heterocycles. The number of benzene rings is 3. The lowest BCUT2D eigenvalue weighted by Crippen LogP contribution is -2.48. The van der Waals surface area contributed by atoms with Crippen molar-refractivity contribution < 1.29 is 24.2 Å². The number of carbonyl (C=O) groups is 3. The highest BCUT2D eigenvalue weighted by Gasteiger charge is 2.43. The molecule has 12 nitrogen and oxygen atoms in total. The summed E-state index contributed by atoms with van der Waals surface area (Å²) in [4.78, 5) is 46.8. The van der Waals surface area contributed by atoms with E-state index in [1.54, 1.807) is 47.5 Å². The molecule has 1 aliphatic heterocycles. The van der Waals surface area contributed by atoms with Crippen LogP contribution in [-0.2, 0) is 25.3 Å². The first kappa shape index (κ1) is 41.8. The van der Waals surface area contributed by atoms with Gasteiger partial charge in [-0.1, -0.05) is 41.4 Å². The molecule has 3 atom stereocenters. The number of amides is 2. The summed E-state index contributed by atoms with van der Waals surface area (Å²) in [6, 6.07) is 12.5. The Hall–Kier alpha value is -5.30. The van der Waals surface area contributed by atoms with Crippen LogP contribution in [0.5, 0.6) is 5.75 Å². The molecule has 4 heterocycles. The number of carboxylic acids is 1. The molecule has 1 unspecified atom stereocenters. The zero-order valence-electron chi connectivity index (χ0n) is 35.4. The number of alkyl halides is 1. The van der Waals surface area contributed by atoms with Gasteiger partial charge >= 0.3 is 5.97 Å². The quantitative estimate of drug-likeness (QED) is 0.0787. The highest BCUT2D eigenvalue weighted by atomic mass is 35.5. The van der Waals surface area contributed by atoms with Crippen LogP contribution in [0.3, 0.4) is 0 Å². The number of nitrogens with zero attached hydrogens (tertiary/aromatic N) is 7. The number of hydrogen-bond donors (Lipinski definition) is 1. The number of likely N-dealkylation sites (N-methyl/N-ethyl adjacent to an activating group) is 2. The number of hydrogen-bond acceptors (Lipinski definition) is 6. The second-order valence-electron chi connectivity index (χ2n) is 16.0. The van der Waals surface area contributed by atoms with E-state index < -0.39 is 23.6 Å². The van der Waals surface area contributed by atoms with Crippen molar-refractivity contribution in [2.75, 3.05) is 37.5 Å². The average molecular weight is 841 g/mol. The van der Waals surface area contributed by atoms with Crippen LogP contribution in [0.4, 0.5) is 11.4 Å². The number of aromatic nitrogens is 4. The van der Waals surface area contributed by atoms with Crippen molar-refractivity contribution in [2.24, 2.45) is 14.1 Å². The van der Waals surface area contributed by atoms with Gasteiger partial charge in [-0.15, -0.1) is 0 Å². The Morgan fingerprint density at radius 3 is 2.29 bits per heavy atom. The summed E-state index contributed by atoms with van der Waals surface area (Å²) in [5, 5.41) is 17.1. The van der Waals surface area contributed by atoms with Crippen molar-refractivity contribution in [3.05, 3.63) is 93.0 Å². The molecular formula is C45H51Cl2N7O5. The van der Waals surface area contributed by atoms with Gasteiger partial charge in [0.1, 0.15) is 16.9 Å². The van der Waals surface area contributed by atoms with Crippen molar-refractivity contribution in [3.8, 4) is 16.9 Å². The van der Waals surface area contributed by atoms with Crippen molar-refractivity contribution in [1.82, 2.24) is 23.8 Å². The van der Waals surface area contributed by atoms with Crippen LogP contribution in [0.2, 0.25) is 5.02 Å². The lowest BCUT2D eigenvalue weighted by Gasteiger charge is -2.39. The molecule has 0 saturated carbocycles. The molecule has 0 spiro atoms. The minimum absolute atomic E-state index is 0.0449. The molecular weight excluding hydrogens is 789 g/mol. The Labute approximate surface area is 354 Å². The normalized spacial score (nSPS) is 16.0. The van der Waals surface area contributed by atoms with E-state index in [1.165, 1.54) is 11.1 Å². The average Bonchev–Trinajstić information content (AvgIpc) is 3.80. The number of halogens is 2. The maximum absolute atomic E-state index is 15.6. The molecule has 0 aliphatic carbocycles. The van der Waals surface area contributed by atoms with Gasteiger partial charge in [-0.05, 0) is 109 Å². The fraction of sp³-hybridized carbons (Fsp3) is 0.378. The second-order valence-corrected chi connectivity index (χ2v) is 16.9. The van der Waals surface area contributed by atoms with E-state index in [4.69, 9.17) is 33.0 Å². The standard InChI is InChI=1S/C45H51Cl2N7O5/c1-23-18-30(19-24(2)38(23)46)59-17-13-16-32-31-14-12-15-33(37-25(3)48-52(11)26(37)4)39(31)53-27(5)42(47)54(44(56)41(32)53)36-21-29(51(10)43(55)28(6)49(7)8)20-34-35(45(57)58)22-50(9)40(34)36/h12,14-15,18-22,27-28,42H,13,16-17H2,1-11H3,(H,57,58)/t27?,28-,42-/m0/s1. The highest BCUT2D eigenvalue weighted by Crippen LogP contribution is 2.47. The first-order valence-electron chi connectivity index (χ1n) is 19.7. The van der Waals surface area contributed by atoms with Gasteiger partial charge in [-0.2, -0.15) is 5.10 Å². The number of aromatic carboxylic acids is 1. The van der Waals surface area contributed by atoms with Gasteiger partial charge in [0, 0.05) is 65.6 Å². The van der Waals surface area contributed by atoms with E-state index >= 15 is 4.79 Å². The Bertz CT molecular complexity index is 2670. The third-order valence-electron chi connectivity index (χ3n) is 12.0. The number of para-hydroxylation sites is 1. The summed E-state index contributed by atoms with van der Waals surface area (Å²) in [6.45, 7) is 12.1. The van der Waals surface area contributed by atoms with Crippen molar-refractivity contribution in [1.29, 1.82) is 0 Å². The van der Waals surface area contributed by atoms with E-state index in [9.17, 15) is 14.7 Å². The Kier molecular flexibility index (Phi) is 11.1. The van der Waals surface area contributed by atoms with E-state index in [0.29, 0.717) is 52.4 Å². The van der Waals surface area contributed by atoms with Crippen LogP contribution in [0, 0.1) is 27.7 Å². The van der Waals surface area contributed by atoms with Crippen LogP contribution in [-0.4, -0.2) is 86.0 Å². The van der Waals surface area contributed by atoms with Crippen LogP contribution < -0.4 is 14.5 Å². The number of aryl methyl sites for hydroxylation is 6. The topological polar surface area (TPSA) is 118 Å². The molecule has 0 bridgehead atoms. The predicted octanol–water partition coefficient (Wildman–Crippen LogP) is 8.83. The van der Waals surface area contributed by atoms with Gasteiger partial charge in [0.05, 0.1) is 46.7 Å². The van der Waals surface area contributed by atoms with Crippen molar-refractivity contribution in [2.45, 2.75) is 72.0 Å². The molecule has 1 N–H and O–H groups in total. The SMILES string of the molecule is Cc1cc(OCCCc2c3n(c4c(-c5c(C)nn(C)c5C)cccc24)C(C)[C@@H](Cl)N(c2cc(N(C)C(=O)[C@H](C)N(C)C)cc4c(C(=O)O)cn(C)c24)C3=O)cc(C)c1Cl. The van der Waals surface area contributed by atoms with Crippen LogP contribution in [0.1, 0.15) is 75.2 Å². The molecule has 3 aromatic heterocycles. The molecule has 14 heteroatoms. The highest BCUT2D eigenvalue weighted by molar-refractivity contribution is 6.32. The maximum atomic E-state index is 15.6. The lowest BCUT2D eigenvalue weighted by molar-refractivity contribution is -0.122. The third-order valence-corrected chi connectivity index (χ3v) is 13.2. The monoisotopic (exact) mass is 839 g/mol. The molecule has 7 rings (SSSR count). The lowest BCUT2D eigenvalue weighted by atomic mass is 9.98. The van der Waals surface area contributed by atoms with E-state index in [2.05, 4.69) is 16.7 Å². The van der Waals surface area contributed by atoms with E-state index in [1.807, 2.05) is 78.6 Å². The second kappa shape index (κ2) is 15.7. The smallest absolute Gasteiger partial charge is 0.337 e. The molecule has 59 heavy (non-hydrogen) atoms. The summed E-state index contributed by atoms with van der Waals surface area (Å²) < 4.78 is 11.9. The number of rotatable bonds is 11. The molecule has 3 aromatic carbocycles. The summed E-state index contributed by atoms with van der Waals surface area (Å²) in [6.07, 6.45) is 2.65. The largest absolute Gasteiger partial charge is 0.494 e. The Morgan fingerprint density at radius 2 is 1.68 bits per heavy atom. The fourth-order valence-corrected chi connectivity index (χ4v) is 9.02. The third kappa shape index (κ3) is 6.94. The van der Waals surface area contributed by atoms with Gasteiger partial charge in [-0.3, -0.25) is 24.1 Å². The minimum Gasteiger partial charge on any atom is -0.494 e. The molecule has 6 aromatic rings. The van der Waals surface area contributed by atoms with Crippen molar-refractivity contribution >= 4 is 74.2 Å². The maximum Gasteiger partial charge on any atom is 0.337 e. The molecule has 310 valence electrons. The van der Waals surface area contributed by atoms with Gasteiger partial charge in [0.15, 0.2) is 0 Å². The van der Waals surface area contributed by atoms with E-state index in [-0.39, 0.29) is 17.4 Å². The zero-order chi connectivity index (χ0) is 42.9. The van der Waals surface area contributed by atoms with Crippen LogP contribution in [0.15, 0.2) is 48.7 Å². The Balaban J connectivity index is 1.42. The molecule has 0 radical (unpaired) electrons. The minimum atomic E-state index is -1.13. The predicted molar refractivity (Wildman–Crippen MR) is 236 cm³/mol. The number of ether oxygens (including phenoxy) is 1. The summed E-state index contributed by atoms with van der Waals surface area (Å²) in [5.74, 6) is -0.931. The summed E-state index contributed by atoms with van der Waals surface area (Å²) in [7, 11) is 8.97. The fourth-order valence-electron chi connectivity index (χ4n) is 8.61. The molecule has 2 amide bonds. The Morgan fingerprint density at radius 1 is 1.00 bits per heavy atom. The number of fused-ring (bicyclic) bond motifs is 4. The molecule has 1 aliphatic rings. The van der Waals surface area contributed by atoms with Crippen molar-refractivity contribution in [3.63, 3.8) is 0 Å². The number of carboxylic acid groups (broad SMARTS) is 1. The van der Waals surface area contributed by atoms with Crippen LogP contribution >= 0.6 is 23.2 Å². The van der Waals surface area contributed by atoms with Gasteiger partial charge in [-0.25, -0.2) is 4.79 Å². The number of carbonyl (C=O) groups excluding carboxylic acids is 2. The summed E-state index contributed by atoms with van der Waals surface area (Å²) >= 11 is 14.0. The number of anilines is 2. The van der Waals surface area contributed by atoms with Gasteiger partial charge < -0.3 is 23.9 Å².